The van der Waals surface area contributed by atoms with Gasteiger partial charge in [0.15, 0.2) is 0 Å². The second-order valence-corrected chi connectivity index (χ2v) is 7.31. The molecule has 0 bridgehead atoms. The van der Waals surface area contributed by atoms with Gasteiger partial charge in [-0.2, -0.15) is 0 Å². The predicted molar refractivity (Wildman–Crippen MR) is 103 cm³/mol. The number of rotatable bonds is 6. The molecule has 2 heterocycles. The molecule has 7 nitrogen and oxygen atoms in total. The maximum absolute atomic E-state index is 12.5. The summed E-state index contributed by atoms with van der Waals surface area (Å²) in [6.45, 7) is 5.90. The van der Waals surface area contributed by atoms with Crippen molar-refractivity contribution < 1.29 is 19.4 Å². The summed E-state index contributed by atoms with van der Waals surface area (Å²) >= 11 is 0. The maximum Gasteiger partial charge on any atom is 0.224 e. The van der Waals surface area contributed by atoms with Crippen LogP contribution in [0.2, 0.25) is 0 Å². The van der Waals surface area contributed by atoms with E-state index in [0.29, 0.717) is 31.4 Å². The van der Waals surface area contributed by atoms with E-state index in [2.05, 4.69) is 17.1 Å². The second kappa shape index (κ2) is 9.19. The Hall–Kier alpha value is -2.12. The standard InChI is InChI=1S/C20H29N3O4/c1-2-4-16-13-27-14-17-12-22(9-10-23(16)17)20(26)8-7-19(25)21-15-5-3-6-18(24)11-15/h3,5-6,11,16-17,24H,2,4,7-10,12-14H2,1H3,(H,21,25)/t16-,17+/m0/s1. The summed E-state index contributed by atoms with van der Waals surface area (Å²) in [5.41, 5.74) is 0.530. The van der Waals surface area contributed by atoms with Crippen LogP contribution in [-0.4, -0.2) is 71.7 Å². The van der Waals surface area contributed by atoms with E-state index in [1.807, 2.05) is 4.90 Å². The monoisotopic (exact) mass is 375 g/mol. The number of hydrogen-bond donors (Lipinski definition) is 2. The van der Waals surface area contributed by atoms with Gasteiger partial charge in [-0.25, -0.2) is 0 Å². The van der Waals surface area contributed by atoms with Gasteiger partial charge in [0.05, 0.1) is 19.3 Å². The highest BCUT2D eigenvalue weighted by Gasteiger charge is 2.36. The first-order chi connectivity index (χ1) is 13.1. The molecule has 0 radical (unpaired) electrons. The smallest absolute Gasteiger partial charge is 0.224 e. The van der Waals surface area contributed by atoms with Gasteiger partial charge in [-0.05, 0) is 18.6 Å². The summed E-state index contributed by atoms with van der Waals surface area (Å²) in [5, 5.41) is 12.1. The van der Waals surface area contributed by atoms with Gasteiger partial charge in [-0.15, -0.1) is 0 Å². The van der Waals surface area contributed by atoms with Crippen molar-refractivity contribution in [2.24, 2.45) is 0 Å². The second-order valence-electron chi connectivity index (χ2n) is 7.31. The molecular weight excluding hydrogens is 346 g/mol. The minimum Gasteiger partial charge on any atom is -0.508 e. The van der Waals surface area contributed by atoms with Crippen LogP contribution in [0.3, 0.4) is 0 Å². The Morgan fingerprint density at radius 2 is 2.11 bits per heavy atom. The number of nitrogens with one attached hydrogen (secondary N) is 1. The molecule has 2 saturated heterocycles. The maximum atomic E-state index is 12.5. The van der Waals surface area contributed by atoms with Crippen molar-refractivity contribution in [1.82, 2.24) is 9.80 Å². The molecule has 148 valence electrons. The molecule has 2 amide bonds. The lowest BCUT2D eigenvalue weighted by atomic mass is 10.0. The molecule has 0 unspecified atom stereocenters. The molecule has 7 heteroatoms. The number of phenols is 1. The molecule has 0 aromatic heterocycles. The summed E-state index contributed by atoms with van der Waals surface area (Å²) in [4.78, 5) is 29.0. The van der Waals surface area contributed by atoms with Crippen molar-refractivity contribution in [3.63, 3.8) is 0 Å². The van der Waals surface area contributed by atoms with Crippen molar-refractivity contribution in [2.45, 2.75) is 44.7 Å². The molecule has 2 atom stereocenters. The van der Waals surface area contributed by atoms with Crippen LogP contribution in [0, 0.1) is 0 Å². The Bertz CT molecular complexity index is 664. The molecule has 27 heavy (non-hydrogen) atoms. The highest BCUT2D eigenvalue weighted by atomic mass is 16.5. The molecule has 2 N–H and O–H groups in total. The van der Waals surface area contributed by atoms with Gasteiger partial charge in [0.1, 0.15) is 5.75 Å². The average Bonchev–Trinajstić information content (AvgIpc) is 2.66. The SMILES string of the molecule is CCC[C@H]1COC[C@H]2CN(C(=O)CCC(=O)Nc3cccc(O)c3)CCN12. The number of carbonyl (C=O) groups excluding carboxylic acids is 2. The van der Waals surface area contributed by atoms with Crippen LogP contribution in [0.4, 0.5) is 5.69 Å². The van der Waals surface area contributed by atoms with Crippen molar-refractivity contribution >= 4 is 17.5 Å². The van der Waals surface area contributed by atoms with Gasteiger partial charge in [-0.3, -0.25) is 14.5 Å². The van der Waals surface area contributed by atoms with Crippen LogP contribution < -0.4 is 5.32 Å². The third kappa shape index (κ3) is 5.20. The zero-order chi connectivity index (χ0) is 19.2. The Balaban J connectivity index is 1.45. The number of benzene rings is 1. The fourth-order valence-corrected chi connectivity index (χ4v) is 3.93. The fraction of sp³-hybridized carbons (Fsp3) is 0.600. The van der Waals surface area contributed by atoms with E-state index in [-0.39, 0.29) is 36.4 Å². The number of aromatic hydroxyl groups is 1. The van der Waals surface area contributed by atoms with E-state index in [9.17, 15) is 14.7 Å². The van der Waals surface area contributed by atoms with Gasteiger partial charge >= 0.3 is 0 Å². The third-order valence-corrected chi connectivity index (χ3v) is 5.29. The van der Waals surface area contributed by atoms with Gasteiger partial charge in [0, 0.05) is 50.3 Å². The van der Waals surface area contributed by atoms with E-state index in [1.165, 1.54) is 6.07 Å². The van der Waals surface area contributed by atoms with Crippen LogP contribution in [-0.2, 0) is 14.3 Å². The molecule has 2 aliphatic heterocycles. The lowest BCUT2D eigenvalue weighted by Crippen LogP contribution is -2.62. The number of phenolic OH excluding ortho intramolecular Hbond substituents is 1. The minimum atomic E-state index is -0.225. The number of morpholine rings is 1. The number of piperazine rings is 1. The summed E-state index contributed by atoms with van der Waals surface area (Å²) in [6, 6.07) is 7.10. The molecule has 1 aromatic carbocycles. The summed E-state index contributed by atoms with van der Waals surface area (Å²) in [7, 11) is 0. The number of fused-ring (bicyclic) bond motifs is 1. The molecule has 2 fully saturated rings. The summed E-state index contributed by atoms with van der Waals surface area (Å²) < 4.78 is 5.74. The first-order valence-corrected chi connectivity index (χ1v) is 9.77. The molecule has 0 aliphatic carbocycles. The van der Waals surface area contributed by atoms with E-state index in [4.69, 9.17) is 4.74 Å². The van der Waals surface area contributed by atoms with Crippen LogP contribution in [0.5, 0.6) is 5.75 Å². The van der Waals surface area contributed by atoms with Crippen molar-refractivity contribution in [1.29, 1.82) is 0 Å². The Labute approximate surface area is 160 Å². The van der Waals surface area contributed by atoms with Crippen molar-refractivity contribution in [2.75, 3.05) is 38.2 Å². The number of hydrogen-bond acceptors (Lipinski definition) is 5. The molecule has 0 saturated carbocycles. The quantitative estimate of drug-likeness (QED) is 0.793. The zero-order valence-corrected chi connectivity index (χ0v) is 15.9. The molecular formula is C20H29N3O4. The van der Waals surface area contributed by atoms with E-state index in [1.54, 1.807) is 18.2 Å². The highest BCUT2D eigenvalue weighted by Crippen LogP contribution is 2.22. The molecule has 2 aliphatic rings. The van der Waals surface area contributed by atoms with Gasteiger partial charge < -0.3 is 20.1 Å². The third-order valence-electron chi connectivity index (χ3n) is 5.29. The average molecular weight is 375 g/mol. The van der Waals surface area contributed by atoms with E-state index >= 15 is 0 Å². The van der Waals surface area contributed by atoms with Gasteiger partial charge in [0.2, 0.25) is 11.8 Å². The first kappa shape index (κ1) is 19.6. The lowest BCUT2D eigenvalue weighted by molar-refractivity contribution is -0.141. The number of ether oxygens (including phenoxy) is 1. The van der Waals surface area contributed by atoms with Gasteiger partial charge in [0.25, 0.3) is 0 Å². The van der Waals surface area contributed by atoms with E-state index < -0.39 is 0 Å². The zero-order valence-electron chi connectivity index (χ0n) is 15.9. The number of carbonyl (C=O) groups is 2. The first-order valence-electron chi connectivity index (χ1n) is 9.77. The van der Waals surface area contributed by atoms with Crippen LogP contribution >= 0.6 is 0 Å². The van der Waals surface area contributed by atoms with Crippen molar-refractivity contribution in [3.8, 4) is 5.75 Å². The molecule has 3 rings (SSSR count). The highest BCUT2D eigenvalue weighted by molar-refractivity contribution is 5.93. The molecule has 1 aromatic rings. The number of amides is 2. The minimum absolute atomic E-state index is 0.0123. The predicted octanol–water partition coefficient (Wildman–Crippen LogP) is 1.82. The largest absolute Gasteiger partial charge is 0.508 e. The lowest BCUT2D eigenvalue weighted by Gasteiger charge is -2.48. The number of anilines is 1. The van der Waals surface area contributed by atoms with Gasteiger partial charge in [-0.1, -0.05) is 19.4 Å². The number of nitrogens with zero attached hydrogens (tertiary/aromatic N) is 2. The Morgan fingerprint density at radius 1 is 1.26 bits per heavy atom. The van der Waals surface area contributed by atoms with Crippen molar-refractivity contribution in [3.05, 3.63) is 24.3 Å². The summed E-state index contributed by atoms with van der Waals surface area (Å²) in [6.07, 6.45) is 2.58. The summed E-state index contributed by atoms with van der Waals surface area (Å²) in [5.74, 6) is -0.118. The van der Waals surface area contributed by atoms with Crippen LogP contribution in [0.1, 0.15) is 32.6 Å². The van der Waals surface area contributed by atoms with Crippen LogP contribution in [0.15, 0.2) is 24.3 Å². The normalized spacial score (nSPS) is 22.9. The fourth-order valence-electron chi connectivity index (χ4n) is 3.93. The Morgan fingerprint density at radius 3 is 2.89 bits per heavy atom. The topological polar surface area (TPSA) is 82.1 Å². The van der Waals surface area contributed by atoms with E-state index in [0.717, 1.165) is 26.0 Å². The molecule has 0 spiro atoms. The Kier molecular flexibility index (Phi) is 6.68. The van der Waals surface area contributed by atoms with Crippen LogP contribution in [0.25, 0.3) is 0 Å².